The van der Waals surface area contributed by atoms with Gasteiger partial charge < -0.3 is 5.73 Å². The first-order valence-electron chi connectivity index (χ1n) is 6.04. The minimum absolute atomic E-state index is 0. The number of nitrogens with two attached hydrogens (primary N) is 1. The second-order valence-corrected chi connectivity index (χ2v) is 5.49. The topological polar surface area (TPSA) is 26.0 Å². The van der Waals surface area contributed by atoms with E-state index in [1.807, 2.05) is 0 Å². The summed E-state index contributed by atoms with van der Waals surface area (Å²) in [6, 6.07) is 16.9. The second-order valence-electron chi connectivity index (χ2n) is 4.51. The van der Waals surface area contributed by atoms with E-state index in [0.717, 1.165) is 0 Å². The number of benzene rings is 2. The van der Waals surface area contributed by atoms with Crippen LogP contribution in [0.15, 0.2) is 53.9 Å². The van der Waals surface area contributed by atoms with Crippen molar-refractivity contribution < 1.29 is 0 Å². The molecule has 3 aromatic rings. The van der Waals surface area contributed by atoms with Crippen LogP contribution in [0.4, 0.5) is 0 Å². The molecule has 1 aromatic heterocycles. The Balaban J connectivity index is 0.00000133. The summed E-state index contributed by atoms with van der Waals surface area (Å²) in [7, 11) is 0. The molecule has 0 saturated heterocycles. The summed E-state index contributed by atoms with van der Waals surface area (Å²) in [6.45, 7) is 2.14. The van der Waals surface area contributed by atoms with Crippen LogP contribution in [0.5, 0.6) is 0 Å². The summed E-state index contributed by atoms with van der Waals surface area (Å²) in [6.07, 6.45) is 0. The lowest BCUT2D eigenvalue weighted by molar-refractivity contribution is 0.903. The zero-order valence-electron chi connectivity index (χ0n) is 10.7. The number of rotatable bonds is 2. The van der Waals surface area contributed by atoms with E-state index in [1.165, 1.54) is 26.8 Å². The molecule has 98 valence electrons. The number of fused-ring (bicyclic) bond motifs is 1. The van der Waals surface area contributed by atoms with Gasteiger partial charge in [0.25, 0.3) is 0 Å². The van der Waals surface area contributed by atoms with Crippen molar-refractivity contribution >= 4 is 34.5 Å². The molecule has 1 atom stereocenters. The van der Waals surface area contributed by atoms with E-state index in [1.54, 1.807) is 11.3 Å². The molecule has 3 heteroatoms. The normalized spacial score (nSPS) is 12.1. The van der Waals surface area contributed by atoms with Crippen LogP contribution in [0, 0.1) is 6.92 Å². The van der Waals surface area contributed by atoms with Gasteiger partial charge in [-0.1, -0.05) is 42.5 Å². The van der Waals surface area contributed by atoms with Gasteiger partial charge in [0, 0.05) is 4.88 Å². The molecular weight excluding hydrogens is 274 g/mol. The van der Waals surface area contributed by atoms with Gasteiger partial charge in [0.05, 0.1) is 6.04 Å². The van der Waals surface area contributed by atoms with Gasteiger partial charge in [-0.15, -0.1) is 23.7 Å². The highest BCUT2D eigenvalue weighted by molar-refractivity contribution is 7.10. The average Bonchev–Trinajstić information content (AvgIpc) is 2.93. The maximum Gasteiger partial charge on any atom is 0.0652 e. The van der Waals surface area contributed by atoms with Crippen molar-refractivity contribution in [3.8, 4) is 0 Å². The first-order chi connectivity index (χ1) is 8.77. The van der Waals surface area contributed by atoms with E-state index in [2.05, 4.69) is 60.8 Å². The average molecular weight is 290 g/mol. The van der Waals surface area contributed by atoms with Gasteiger partial charge in [0.1, 0.15) is 0 Å². The Kier molecular flexibility index (Phi) is 4.25. The zero-order chi connectivity index (χ0) is 12.5. The Morgan fingerprint density at radius 2 is 1.68 bits per heavy atom. The highest BCUT2D eigenvalue weighted by Gasteiger charge is 2.13. The second kappa shape index (κ2) is 5.74. The zero-order valence-corrected chi connectivity index (χ0v) is 12.3. The molecule has 19 heavy (non-hydrogen) atoms. The molecule has 2 aromatic carbocycles. The molecule has 0 aliphatic carbocycles. The van der Waals surface area contributed by atoms with Gasteiger partial charge in [-0.2, -0.15) is 0 Å². The van der Waals surface area contributed by atoms with Gasteiger partial charge in [0.15, 0.2) is 0 Å². The van der Waals surface area contributed by atoms with Crippen LogP contribution in [0.1, 0.15) is 22.0 Å². The van der Waals surface area contributed by atoms with Crippen LogP contribution < -0.4 is 5.73 Å². The summed E-state index contributed by atoms with van der Waals surface area (Å²) < 4.78 is 0. The molecule has 0 bridgehead atoms. The predicted molar refractivity (Wildman–Crippen MR) is 86.3 cm³/mol. The van der Waals surface area contributed by atoms with Crippen LogP contribution in [-0.4, -0.2) is 0 Å². The van der Waals surface area contributed by atoms with Gasteiger partial charge in [-0.25, -0.2) is 0 Å². The molecule has 0 fully saturated rings. The van der Waals surface area contributed by atoms with Crippen LogP contribution in [-0.2, 0) is 0 Å². The molecule has 0 aliphatic heterocycles. The van der Waals surface area contributed by atoms with E-state index in [9.17, 15) is 0 Å². The minimum Gasteiger partial charge on any atom is -0.320 e. The number of thiophene rings is 1. The van der Waals surface area contributed by atoms with E-state index in [4.69, 9.17) is 5.73 Å². The molecule has 0 saturated carbocycles. The third-order valence-corrected chi connectivity index (χ3v) is 4.32. The van der Waals surface area contributed by atoms with E-state index >= 15 is 0 Å². The predicted octanol–water partition coefficient (Wildman–Crippen LogP) is 4.68. The lowest BCUT2D eigenvalue weighted by atomic mass is 9.95. The Morgan fingerprint density at radius 1 is 0.947 bits per heavy atom. The summed E-state index contributed by atoms with van der Waals surface area (Å²) in [5.41, 5.74) is 8.89. The standard InChI is InChI=1S/C16H15NS.ClH/c1-11-8-9-14(13-6-3-2-5-12(11)13)16(17)15-7-4-10-18-15;/h2-10,16H,17H2,1H3;1H/t16-;/m0./s1. The van der Waals surface area contributed by atoms with E-state index in [0.29, 0.717) is 0 Å². The molecular formula is C16H16ClNS. The summed E-state index contributed by atoms with van der Waals surface area (Å²) >= 11 is 1.71. The third kappa shape index (κ3) is 2.52. The number of halogens is 1. The van der Waals surface area contributed by atoms with Crippen molar-refractivity contribution in [2.24, 2.45) is 5.73 Å². The van der Waals surface area contributed by atoms with Crippen molar-refractivity contribution in [2.75, 3.05) is 0 Å². The van der Waals surface area contributed by atoms with Crippen LogP contribution in [0.2, 0.25) is 0 Å². The van der Waals surface area contributed by atoms with Crippen molar-refractivity contribution in [1.82, 2.24) is 0 Å². The highest BCUT2D eigenvalue weighted by Crippen LogP contribution is 2.30. The van der Waals surface area contributed by atoms with Crippen molar-refractivity contribution in [3.05, 3.63) is 69.9 Å². The summed E-state index contributed by atoms with van der Waals surface area (Å²) in [5, 5.41) is 4.63. The van der Waals surface area contributed by atoms with Gasteiger partial charge >= 0.3 is 0 Å². The first-order valence-corrected chi connectivity index (χ1v) is 6.92. The molecule has 0 aliphatic rings. The Bertz CT molecular complexity index is 676. The van der Waals surface area contributed by atoms with E-state index in [-0.39, 0.29) is 18.4 Å². The number of hydrogen-bond acceptors (Lipinski definition) is 2. The van der Waals surface area contributed by atoms with Crippen molar-refractivity contribution in [2.45, 2.75) is 13.0 Å². The monoisotopic (exact) mass is 289 g/mol. The fraction of sp³-hybridized carbons (Fsp3) is 0.125. The SMILES string of the molecule is Cc1ccc([C@H](N)c2cccs2)c2ccccc12.Cl. The lowest BCUT2D eigenvalue weighted by Gasteiger charge is -2.14. The molecule has 3 rings (SSSR count). The smallest absolute Gasteiger partial charge is 0.0652 e. The third-order valence-electron chi connectivity index (χ3n) is 3.36. The van der Waals surface area contributed by atoms with Crippen molar-refractivity contribution in [1.29, 1.82) is 0 Å². The van der Waals surface area contributed by atoms with Crippen LogP contribution in [0.25, 0.3) is 10.8 Å². The van der Waals surface area contributed by atoms with Gasteiger partial charge in [-0.05, 0) is 40.3 Å². The fourth-order valence-corrected chi connectivity index (χ4v) is 3.11. The maximum absolute atomic E-state index is 6.39. The fourth-order valence-electron chi connectivity index (χ4n) is 2.37. The molecule has 2 N–H and O–H groups in total. The Hall–Kier alpha value is -1.35. The summed E-state index contributed by atoms with van der Waals surface area (Å²) in [5.74, 6) is 0. The molecule has 0 radical (unpaired) electrons. The molecule has 1 nitrogen and oxygen atoms in total. The lowest BCUT2D eigenvalue weighted by Crippen LogP contribution is -2.10. The number of hydrogen-bond donors (Lipinski definition) is 1. The first kappa shape index (κ1) is 14.1. The largest absolute Gasteiger partial charge is 0.320 e. The number of aryl methyl sites for hydroxylation is 1. The van der Waals surface area contributed by atoms with Gasteiger partial charge in [0.2, 0.25) is 0 Å². The minimum atomic E-state index is -0.0319. The Labute approximate surface area is 123 Å². The quantitative estimate of drug-likeness (QED) is 0.728. The Morgan fingerprint density at radius 3 is 2.37 bits per heavy atom. The molecule has 0 spiro atoms. The summed E-state index contributed by atoms with van der Waals surface area (Å²) in [4.78, 5) is 1.21. The molecule has 0 amide bonds. The highest BCUT2D eigenvalue weighted by atomic mass is 35.5. The van der Waals surface area contributed by atoms with Crippen LogP contribution in [0.3, 0.4) is 0 Å². The van der Waals surface area contributed by atoms with E-state index < -0.39 is 0 Å². The molecule has 1 heterocycles. The molecule has 0 unspecified atom stereocenters. The van der Waals surface area contributed by atoms with Crippen molar-refractivity contribution in [3.63, 3.8) is 0 Å². The van der Waals surface area contributed by atoms with Crippen LogP contribution >= 0.6 is 23.7 Å². The maximum atomic E-state index is 6.39. The van der Waals surface area contributed by atoms with Gasteiger partial charge in [-0.3, -0.25) is 0 Å².